The van der Waals surface area contributed by atoms with Crippen LogP contribution in [0.15, 0.2) is 40.8 Å². The summed E-state index contributed by atoms with van der Waals surface area (Å²) in [6, 6.07) is 8.83. The van der Waals surface area contributed by atoms with Crippen molar-refractivity contribution in [3.8, 4) is 17.1 Å². The van der Waals surface area contributed by atoms with Gasteiger partial charge in [0.2, 0.25) is 0 Å². The summed E-state index contributed by atoms with van der Waals surface area (Å²) in [4.78, 5) is 10.3. The zero-order chi connectivity index (χ0) is 14.6. The van der Waals surface area contributed by atoms with Crippen molar-refractivity contribution in [2.45, 2.75) is 19.2 Å². The largest absolute Gasteiger partial charge is 0.573 e. The quantitative estimate of drug-likeness (QED) is 0.780. The molecular weight excluding hydrogens is 273 g/mol. The van der Waals surface area contributed by atoms with E-state index in [0.29, 0.717) is 29.9 Å². The van der Waals surface area contributed by atoms with Crippen molar-refractivity contribution >= 4 is 6.29 Å². The van der Waals surface area contributed by atoms with Crippen LogP contribution in [0, 0.1) is 0 Å². The smallest absolute Gasteiger partial charge is 0.461 e. The average Bonchev–Trinajstić information content (AvgIpc) is 2.84. The van der Waals surface area contributed by atoms with Crippen molar-refractivity contribution < 1.29 is 27.1 Å². The van der Waals surface area contributed by atoms with Gasteiger partial charge in [0.15, 0.2) is 0 Å². The van der Waals surface area contributed by atoms with Gasteiger partial charge in [-0.3, -0.25) is 0 Å². The van der Waals surface area contributed by atoms with Crippen molar-refractivity contribution in [1.82, 2.24) is 0 Å². The molecule has 2 rings (SSSR count). The molecule has 3 nitrogen and oxygen atoms in total. The minimum absolute atomic E-state index is 0.283. The third kappa shape index (κ3) is 3.88. The highest BCUT2D eigenvalue weighted by atomic mass is 19.4. The minimum Gasteiger partial charge on any atom is -0.461 e. The molecule has 1 aromatic heterocycles. The fourth-order valence-corrected chi connectivity index (χ4v) is 1.69. The number of hydrogen-bond donors (Lipinski definition) is 0. The summed E-state index contributed by atoms with van der Waals surface area (Å²) in [6.45, 7) is 0. The van der Waals surface area contributed by atoms with Gasteiger partial charge in [0.1, 0.15) is 23.6 Å². The highest BCUT2D eigenvalue weighted by Gasteiger charge is 2.30. The second-order valence-corrected chi connectivity index (χ2v) is 4.04. The number of halogens is 3. The Balaban J connectivity index is 2.09. The Morgan fingerprint density at radius 3 is 2.40 bits per heavy atom. The molecule has 0 atom stereocenters. The molecule has 20 heavy (non-hydrogen) atoms. The third-order valence-electron chi connectivity index (χ3n) is 2.54. The number of benzene rings is 1. The zero-order valence-corrected chi connectivity index (χ0v) is 10.3. The van der Waals surface area contributed by atoms with Crippen LogP contribution in [0.1, 0.15) is 12.2 Å². The number of aryl methyl sites for hydroxylation is 1. The van der Waals surface area contributed by atoms with Crippen LogP contribution >= 0.6 is 0 Å². The van der Waals surface area contributed by atoms with E-state index in [2.05, 4.69) is 4.74 Å². The maximum Gasteiger partial charge on any atom is 0.573 e. The molecule has 1 aromatic carbocycles. The first-order chi connectivity index (χ1) is 9.48. The molecule has 0 aliphatic carbocycles. The van der Waals surface area contributed by atoms with Gasteiger partial charge in [-0.2, -0.15) is 0 Å². The molecule has 0 unspecified atom stereocenters. The number of furan rings is 1. The lowest BCUT2D eigenvalue weighted by Gasteiger charge is -2.08. The van der Waals surface area contributed by atoms with Gasteiger partial charge in [-0.15, -0.1) is 13.2 Å². The van der Waals surface area contributed by atoms with Gasteiger partial charge in [0, 0.05) is 18.4 Å². The van der Waals surface area contributed by atoms with Crippen molar-refractivity contribution in [2.75, 3.05) is 0 Å². The van der Waals surface area contributed by atoms with E-state index in [0.717, 1.165) is 6.29 Å². The molecule has 0 saturated heterocycles. The first-order valence-corrected chi connectivity index (χ1v) is 5.86. The topological polar surface area (TPSA) is 39.4 Å². The van der Waals surface area contributed by atoms with Crippen LogP contribution in [0.2, 0.25) is 0 Å². The molecule has 0 radical (unpaired) electrons. The van der Waals surface area contributed by atoms with Gasteiger partial charge >= 0.3 is 6.36 Å². The van der Waals surface area contributed by atoms with Crippen LogP contribution in [0.5, 0.6) is 5.75 Å². The lowest BCUT2D eigenvalue weighted by molar-refractivity contribution is -0.274. The molecule has 106 valence electrons. The number of carbonyl (C=O) groups is 1. The Labute approximate surface area is 113 Å². The summed E-state index contributed by atoms with van der Waals surface area (Å²) in [6.07, 6.45) is -3.04. The fraction of sp³-hybridized carbons (Fsp3) is 0.214. The van der Waals surface area contributed by atoms with Gasteiger partial charge in [0.05, 0.1) is 0 Å². The van der Waals surface area contributed by atoms with E-state index in [1.165, 1.54) is 24.3 Å². The number of alkyl halides is 3. The Morgan fingerprint density at radius 2 is 1.80 bits per heavy atom. The number of ether oxygens (including phenoxy) is 1. The second-order valence-electron chi connectivity index (χ2n) is 4.04. The molecule has 0 amide bonds. The van der Waals surface area contributed by atoms with E-state index in [1.807, 2.05) is 0 Å². The maximum atomic E-state index is 12.0. The predicted molar refractivity (Wildman–Crippen MR) is 65.2 cm³/mol. The average molecular weight is 284 g/mol. The zero-order valence-electron chi connectivity index (χ0n) is 10.3. The van der Waals surface area contributed by atoms with Crippen molar-refractivity contribution in [3.05, 3.63) is 42.2 Å². The number of hydrogen-bond acceptors (Lipinski definition) is 3. The Morgan fingerprint density at radius 1 is 1.10 bits per heavy atom. The van der Waals surface area contributed by atoms with Crippen LogP contribution in [-0.2, 0) is 11.2 Å². The molecule has 0 aliphatic rings. The van der Waals surface area contributed by atoms with Gasteiger partial charge in [0.25, 0.3) is 0 Å². The molecule has 0 saturated carbocycles. The summed E-state index contributed by atoms with van der Waals surface area (Å²) >= 11 is 0. The summed E-state index contributed by atoms with van der Waals surface area (Å²) in [7, 11) is 0. The molecule has 2 aromatic rings. The summed E-state index contributed by atoms with van der Waals surface area (Å²) < 4.78 is 45.3. The molecule has 0 bridgehead atoms. The molecular formula is C14H11F3O3. The third-order valence-corrected chi connectivity index (χ3v) is 2.54. The van der Waals surface area contributed by atoms with E-state index in [1.54, 1.807) is 12.1 Å². The van der Waals surface area contributed by atoms with Gasteiger partial charge in [-0.25, -0.2) is 0 Å². The van der Waals surface area contributed by atoms with Crippen molar-refractivity contribution in [2.24, 2.45) is 0 Å². The second kappa shape index (κ2) is 5.81. The lowest BCUT2D eigenvalue weighted by atomic mass is 10.2. The standard InChI is InChI=1S/C14H11F3O3/c15-14(16,17)20-12-5-3-10(4-6-12)13-8-7-11(19-13)2-1-9-18/h3-9H,1-2H2. The van der Waals surface area contributed by atoms with Crippen LogP contribution in [0.3, 0.4) is 0 Å². The van der Waals surface area contributed by atoms with Gasteiger partial charge < -0.3 is 13.9 Å². The molecule has 0 spiro atoms. The minimum atomic E-state index is -4.70. The van der Waals surface area contributed by atoms with E-state index in [4.69, 9.17) is 4.42 Å². The van der Waals surface area contributed by atoms with E-state index >= 15 is 0 Å². The number of rotatable bonds is 5. The fourth-order valence-electron chi connectivity index (χ4n) is 1.69. The monoisotopic (exact) mass is 284 g/mol. The summed E-state index contributed by atoms with van der Waals surface area (Å²) in [5.41, 5.74) is 0.636. The molecule has 1 heterocycles. The van der Waals surface area contributed by atoms with E-state index in [-0.39, 0.29) is 5.75 Å². The van der Waals surface area contributed by atoms with Crippen molar-refractivity contribution in [1.29, 1.82) is 0 Å². The Hall–Kier alpha value is -2.24. The molecule has 0 fully saturated rings. The highest BCUT2D eigenvalue weighted by Crippen LogP contribution is 2.27. The Bertz CT molecular complexity index is 570. The normalized spacial score (nSPS) is 11.3. The highest BCUT2D eigenvalue weighted by molar-refractivity contribution is 5.59. The summed E-state index contributed by atoms with van der Waals surface area (Å²) in [5.74, 6) is 0.904. The van der Waals surface area contributed by atoms with E-state index < -0.39 is 6.36 Å². The van der Waals surface area contributed by atoms with Crippen molar-refractivity contribution in [3.63, 3.8) is 0 Å². The lowest BCUT2D eigenvalue weighted by Crippen LogP contribution is -2.16. The van der Waals surface area contributed by atoms with Crippen LogP contribution < -0.4 is 4.74 Å². The predicted octanol–water partition coefficient (Wildman–Crippen LogP) is 3.98. The van der Waals surface area contributed by atoms with E-state index in [9.17, 15) is 18.0 Å². The SMILES string of the molecule is O=CCCc1ccc(-c2ccc(OC(F)(F)F)cc2)o1. The Kier molecular flexibility index (Phi) is 4.12. The van der Waals surface area contributed by atoms with Gasteiger partial charge in [-0.05, 0) is 36.4 Å². The molecule has 0 N–H and O–H groups in total. The first-order valence-electron chi connectivity index (χ1n) is 5.86. The molecule has 6 heteroatoms. The number of carbonyl (C=O) groups excluding carboxylic acids is 1. The number of aldehydes is 1. The maximum absolute atomic E-state index is 12.0. The summed E-state index contributed by atoms with van der Waals surface area (Å²) in [5, 5.41) is 0. The van der Waals surface area contributed by atoms with Crippen LogP contribution in [0.25, 0.3) is 11.3 Å². The van der Waals surface area contributed by atoms with Crippen LogP contribution in [0.4, 0.5) is 13.2 Å². The molecule has 0 aliphatic heterocycles. The van der Waals surface area contributed by atoms with Crippen LogP contribution in [-0.4, -0.2) is 12.6 Å². The first kappa shape index (κ1) is 14.2. The van der Waals surface area contributed by atoms with Gasteiger partial charge in [-0.1, -0.05) is 0 Å².